The van der Waals surface area contributed by atoms with Gasteiger partial charge in [0.25, 0.3) is 9.05 Å². The zero-order valence-corrected chi connectivity index (χ0v) is 5.42. The van der Waals surface area contributed by atoms with Gasteiger partial charge in [0, 0.05) is 11.2 Å². The van der Waals surface area contributed by atoms with Gasteiger partial charge in [-0.2, -0.15) is 4.21 Å². The van der Waals surface area contributed by atoms with Crippen LogP contribution in [0.4, 0.5) is 0 Å². The van der Waals surface area contributed by atoms with Crippen molar-refractivity contribution in [2.75, 3.05) is 6.61 Å². The van der Waals surface area contributed by atoms with Crippen LogP contribution < -0.4 is 0 Å². The van der Waals surface area contributed by atoms with Crippen LogP contribution in [-0.4, -0.2) is 15.4 Å². The van der Waals surface area contributed by atoms with Crippen molar-refractivity contribution in [3.05, 3.63) is 0 Å². The van der Waals surface area contributed by atoms with Gasteiger partial charge in [-0.3, -0.25) is 8.74 Å². The molecule has 44 valence electrons. The van der Waals surface area contributed by atoms with E-state index in [4.69, 9.17) is 4.55 Å². The average molecular weight is 142 g/mol. The van der Waals surface area contributed by atoms with Crippen molar-refractivity contribution in [3.63, 3.8) is 0 Å². The molecule has 7 heavy (non-hydrogen) atoms. The van der Waals surface area contributed by atoms with E-state index in [-0.39, 0.29) is 6.61 Å². The van der Waals surface area contributed by atoms with Gasteiger partial charge in [0.05, 0.1) is 6.61 Å². The molecule has 0 heterocycles. The Morgan fingerprint density at radius 2 is 2.43 bits per heavy atom. The Bertz CT molecular complexity index is 124. The number of hydrogen-bond donors (Lipinski definition) is 1. The molecule has 0 aliphatic rings. The van der Waals surface area contributed by atoms with Crippen molar-refractivity contribution in [1.29, 1.82) is 0 Å². The quantitative estimate of drug-likeness (QED) is 0.596. The Morgan fingerprint density at radius 3 is 2.43 bits per heavy atom. The maximum atomic E-state index is 9.93. The Balaban J connectivity index is 3.60. The predicted octanol–water partition coefficient (Wildman–Crippen LogP) is 0.157. The van der Waals surface area contributed by atoms with Gasteiger partial charge in [0.15, 0.2) is 0 Å². The van der Waals surface area contributed by atoms with Crippen LogP contribution in [0.3, 0.4) is 0 Å². The molecule has 0 saturated carbocycles. The van der Waals surface area contributed by atoms with Crippen LogP contribution in [0.5, 0.6) is 0 Å². The molecular weight excluding hydrogens is 136 g/mol. The minimum atomic E-state index is -3.34. The highest BCUT2D eigenvalue weighted by Gasteiger charge is 1.92. The third-order valence-corrected chi connectivity index (χ3v) is 1.09. The Kier molecular flexibility index (Phi) is 2.67. The first-order valence-corrected chi connectivity index (χ1v) is 4.04. The summed E-state index contributed by atoms with van der Waals surface area (Å²) in [6.07, 6.45) is 0. The Hall–Kier alpha value is 0.290. The fourth-order valence-electron chi connectivity index (χ4n) is 0.149. The highest BCUT2D eigenvalue weighted by molar-refractivity contribution is 8.27. The standard InChI is InChI=1S/C2H6O3S2/c1-2-5-7(3,4)6/h2H2,1H3,(H,3,4,6). The largest absolute Gasteiger partial charge is 0.285 e. The second-order valence-electron chi connectivity index (χ2n) is 0.834. The average Bonchev–Trinajstić information content (AvgIpc) is 1.30. The van der Waals surface area contributed by atoms with E-state index in [0.29, 0.717) is 0 Å². The first-order chi connectivity index (χ1) is 3.06. The van der Waals surface area contributed by atoms with Crippen molar-refractivity contribution < 1.29 is 12.9 Å². The zero-order valence-electron chi connectivity index (χ0n) is 3.79. The first-order valence-electron chi connectivity index (χ1n) is 1.68. The lowest BCUT2D eigenvalue weighted by atomic mass is 10.9. The fourth-order valence-corrected chi connectivity index (χ4v) is 0.735. The van der Waals surface area contributed by atoms with Crippen LogP contribution >= 0.6 is 0 Å². The lowest BCUT2D eigenvalue weighted by Crippen LogP contribution is -1.99. The number of hydrogen-bond acceptors (Lipinski definition) is 3. The summed E-state index contributed by atoms with van der Waals surface area (Å²) < 4.78 is 22.2. The summed E-state index contributed by atoms with van der Waals surface area (Å²) in [4.78, 5) is 0. The van der Waals surface area contributed by atoms with E-state index in [1.165, 1.54) is 0 Å². The minimum absolute atomic E-state index is 0.179. The minimum Gasteiger partial charge on any atom is -0.285 e. The topological polar surface area (TPSA) is 46.5 Å². The van der Waals surface area contributed by atoms with E-state index in [9.17, 15) is 4.21 Å². The highest BCUT2D eigenvalue weighted by Crippen LogP contribution is 1.82. The van der Waals surface area contributed by atoms with Gasteiger partial charge in [0.1, 0.15) is 0 Å². The van der Waals surface area contributed by atoms with Crippen LogP contribution in [0.1, 0.15) is 6.92 Å². The molecule has 0 aliphatic carbocycles. The van der Waals surface area contributed by atoms with Crippen molar-refractivity contribution >= 4 is 20.2 Å². The van der Waals surface area contributed by atoms with Gasteiger partial charge in [-0.1, -0.05) is 0 Å². The van der Waals surface area contributed by atoms with Gasteiger partial charge in [-0.25, -0.2) is 0 Å². The van der Waals surface area contributed by atoms with Gasteiger partial charge < -0.3 is 0 Å². The van der Waals surface area contributed by atoms with Crippen LogP contribution in [0.2, 0.25) is 0 Å². The van der Waals surface area contributed by atoms with Crippen molar-refractivity contribution in [3.8, 4) is 0 Å². The van der Waals surface area contributed by atoms with Gasteiger partial charge in [-0.15, -0.1) is 0 Å². The third-order valence-electron chi connectivity index (χ3n) is 0.267. The van der Waals surface area contributed by atoms with Gasteiger partial charge >= 0.3 is 0 Å². The van der Waals surface area contributed by atoms with E-state index in [1.807, 2.05) is 0 Å². The molecule has 0 aliphatic heterocycles. The van der Waals surface area contributed by atoms with E-state index in [1.54, 1.807) is 6.92 Å². The highest BCUT2D eigenvalue weighted by atomic mass is 32.9. The molecule has 0 aromatic heterocycles. The van der Waals surface area contributed by atoms with Gasteiger partial charge in [-0.05, 0) is 6.92 Å². The lowest BCUT2D eigenvalue weighted by Gasteiger charge is -1.92. The van der Waals surface area contributed by atoms with E-state index in [2.05, 4.69) is 15.4 Å². The van der Waals surface area contributed by atoms with Crippen molar-refractivity contribution in [1.82, 2.24) is 0 Å². The third kappa shape index (κ3) is 6.29. The SMILES string of the molecule is CCOS(=O)(O)=S. The molecule has 0 spiro atoms. The van der Waals surface area contributed by atoms with Crippen molar-refractivity contribution in [2.45, 2.75) is 6.92 Å². The fraction of sp³-hybridized carbons (Fsp3) is 1.00. The second kappa shape index (κ2) is 2.56. The van der Waals surface area contributed by atoms with Crippen LogP contribution in [-0.2, 0) is 24.4 Å². The summed E-state index contributed by atoms with van der Waals surface area (Å²) >= 11 is 3.95. The summed E-state index contributed by atoms with van der Waals surface area (Å²) in [5.41, 5.74) is 0. The molecule has 0 saturated heterocycles. The lowest BCUT2D eigenvalue weighted by molar-refractivity contribution is 0.322. The normalized spacial score (nSPS) is 18.6. The van der Waals surface area contributed by atoms with Crippen LogP contribution in [0, 0.1) is 0 Å². The van der Waals surface area contributed by atoms with Crippen LogP contribution in [0.25, 0.3) is 0 Å². The molecule has 0 aromatic carbocycles. The predicted molar refractivity (Wildman–Crippen MR) is 29.8 cm³/mol. The van der Waals surface area contributed by atoms with Crippen molar-refractivity contribution in [2.24, 2.45) is 0 Å². The van der Waals surface area contributed by atoms with E-state index in [0.717, 1.165) is 0 Å². The molecule has 1 unspecified atom stereocenters. The molecule has 0 bridgehead atoms. The molecule has 3 nitrogen and oxygen atoms in total. The molecule has 0 radical (unpaired) electrons. The summed E-state index contributed by atoms with van der Waals surface area (Å²) in [5, 5.41) is 0. The first kappa shape index (κ1) is 7.29. The van der Waals surface area contributed by atoms with E-state index < -0.39 is 9.05 Å². The molecule has 0 amide bonds. The molecule has 0 rings (SSSR count). The zero-order chi connectivity index (χ0) is 5.91. The maximum Gasteiger partial charge on any atom is 0.266 e. The van der Waals surface area contributed by atoms with Gasteiger partial charge in [0.2, 0.25) is 0 Å². The van der Waals surface area contributed by atoms with Crippen LogP contribution in [0.15, 0.2) is 0 Å². The monoisotopic (exact) mass is 142 g/mol. The smallest absolute Gasteiger partial charge is 0.266 e. The second-order valence-corrected chi connectivity index (χ2v) is 3.19. The van der Waals surface area contributed by atoms with E-state index >= 15 is 0 Å². The number of rotatable bonds is 2. The maximum absolute atomic E-state index is 9.93. The molecule has 5 heteroatoms. The summed E-state index contributed by atoms with van der Waals surface area (Å²) in [7, 11) is -3.34. The molecule has 0 aromatic rings. The Morgan fingerprint density at radius 1 is 2.00 bits per heavy atom. The summed E-state index contributed by atoms with van der Waals surface area (Å²) in [5.74, 6) is 0. The molecule has 1 atom stereocenters. The summed E-state index contributed by atoms with van der Waals surface area (Å²) in [6.45, 7) is 1.78. The Labute approximate surface area is 47.4 Å². The summed E-state index contributed by atoms with van der Waals surface area (Å²) in [6, 6.07) is 0. The molecular formula is C2H6O3S2. The molecule has 0 fully saturated rings. The molecule has 1 N–H and O–H groups in total.